The van der Waals surface area contributed by atoms with Gasteiger partial charge in [0.15, 0.2) is 0 Å². The highest BCUT2D eigenvalue weighted by molar-refractivity contribution is 6.35. The molecule has 0 radical (unpaired) electrons. The van der Waals surface area contributed by atoms with Crippen LogP contribution in [0.5, 0.6) is 0 Å². The lowest BCUT2D eigenvalue weighted by molar-refractivity contribution is -0.121. The second-order valence-electron chi connectivity index (χ2n) is 5.81. The predicted molar refractivity (Wildman–Crippen MR) is 95.2 cm³/mol. The molecular weight excluding hydrogens is 343 g/mol. The van der Waals surface area contributed by atoms with E-state index in [2.05, 4.69) is 10.6 Å². The van der Waals surface area contributed by atoms with Gasteiger partial charge >= 0.3 is 0 Å². The van der Waals surface area contributed by atoms with Crippen molar-refractivity contribution in [1.29, 1.82) is 0 Å². The molecular formula is C16H23Cl3N2O. The highest BCUT2D eigenvalue weighted by Gasteiger charge is 2.16. The first-order valence-corrected chi connectivity index (χ1v) is 8.24. The van der Waals surface area contributed by atoms with Gasteiger partial charge in [0.05, 0.1) is 0 Å². The summed E-state index contributed by atoms with van der Waals surface area (Å²) in [6, 6.07) is 5.54. The molecule has 1 aliphatic heterocycles. The van der Waals surface area contributed by atoms with E-state index in [0.29, 0.717) is 28.8 Å². The van der Waals surface area contributed by atoms with Crippen molar-refractivity contribution in [2.24, 2.45) is 5.92 Å². The SMILES string of the molecule is CC(Cc1ccc(Cl)cc1Cl)NC(=O)CCC1CCNC1.Cl. The number of hydrogen-bond acceptors (Lipinski definition) is 2. The van der Waals surface area contributed by atoms with Gasteiger partial charge in [-0.2, -0.15) is 0 Å². The Hall–Kier alpha value is -0.480. The molecule has 3 nitrogen and oxygen atoms in total. The second kappa shape index (κ2) is 9.61. The van der Waals surface area contributed by atoms with Crippen LogP contribution in [0, 0.1) is 5.92 Å². The molecule has 1 saturated heterocycles. The first-order valence-electron chi connectivity index (χ1n) is 7.48. The summed E-state index contributed by atoms with van der Waals surface area (Å²) in [5.41, 5.74) is 1.01. The summed E-state index contributed by atoms with van der Waals surface area (Å²) in [5, 5.41) is 7.65. The average Bonchev–Trinajstić information content (AvgIpc) is 2.93. The Kier molecular flexibility index (Phi) is 8.55. The van der Waals surface area contributed by atoms with Crippen LogP contribution < -0.4 is 10.6 Å². The van der Waals surface area contributed by atoms with Gasteiger partial charge in [-0.05, 0) is 62.9 Å². The van der Waals surface area contributed by atoms with Crippen LogP contribution in [-0.4, -0.2) is 25.0 Å². The summed E-state index contributed by atoms with van der Waals surface area (Å²) < 4.78 is 0. The van der Waals surface area contributed by atoms with Gasteiger partial charge in [0.1, 0.15) is 0 Å². The molecule has 22 heavy (non-hydrogen) atoms. The van der Waals surface area contributed by atoms with Crippen molar-refractivity contribution in [3.63, 3.8) is 0 Å². The van der Waals surface area contributed by atoms with Crippen LogP contribution in [0.3, 0.4) is 0 Å². The molecule has 0 aromatic heterocycles. The zero-order chi connectivity index (χ0) is 15.2. The number of amides is 1. The van der Waals surface area contributed by atoms with E-state index in [1.165, 1.54) is 6.42 Å². The Morgan fingerprint density at radius 1 is 1.45 bits per heavy atom. The lowest BCUT2D eigenvalue weighted by atomic mass is 10.0. The molecule has 2 atom stereocenters. The molecule has 1 heterocycles. The van der Waals surface area contributed by atoms with Crippen LogP contribution in [0.1, 0.15) is 31.7 Å². The van der Waals surface area contributed by atoms with Crippen molar-refractivity contribution in [3.05, 3.63) is 33.8 Å². The smallest absolute Gasteiger partial charge is 0.220 e. The van der Waals surface area contributed by atoms with Crippen LogP contribution in [0.4, 0.5) is 0 Å². The number of hydrogen-bond donors (Lipinski definition) is 2. The molecule has 2 N–H and O–H groups in total. The van der Waals surface area contributed by atoms with E-state index >= 15 is 0 Å². The predicted octanol–water partition coefficient (Wildman–Crippen LogP) is 3.85. The fourth-order valence-electron chi connectivity index (χ4n) is 2.71. The van der Waals surface area contributed by atoms with E-state index in [1.807, 2.05) is 19.1 Å². The van der Waals surface area contributed by atoms with E-state index in [4.69, 9.17) is 23.2 Å². The van der Waals surface area contributed by atoms with E-state index in [0.717, 1.165) is 25.1 Å². The molecule has 1 aliphatic rings. The van der Waals surface area contributed by atoms with Gasteiger partial charge in [-0.25, -0.2) is 0 Å². The Morgan fingerprint density at radius 3 is 2.86 bits per heavy atom. The maximum absolute atomic E-state index is 12.0. The molecule has 1 fully saturated rings. The Bertz CT molecular complexity index is 490. The highest BCUT2D eigenvalue weighted by atomic mass is 35.5. The van der Waals surface area contributed by atoms with E-state index < -0.39 is 0 Å². The van der Waals surface area contributed by atoms with E-state index in [9.17, 15) is 4.79 Å². The summed E-state index contributed by atoms with van der Waals surface area (Å²) in [7, 11) is 0. The Balaban J connectivity index is 0.00000242. The Morgan fingerprint density at radius 2 is 2.23 bits per heavy atom. The fourth-order valence-corrected chi connectivity index (χ4v) is 3.20. The van der Waals surface area contributed by atoms with Crippen LogP contribution in [0.25, 0.3) is 0 Å². The molecule has 1 amide bonds. The summed E-state index contributed by atoms with van der Waals surface area (Å²) in [4.78, 5) is 12.0. The van der Waals surface area contributed by atoms with Crippen LogP contribution in [-0.2, 0) is 11.2 Å². The second-order valence-corrected chi connectivity index (χ2v) is 6.65. The normalized spacial score (nSPS) is 18.6. The fraction of sp³-hybridized carbons (Fsp3) is 0.562. The number of rotatable bonds is 6. The molecule has 1 aromatic rings. The van der Waals surface area contributed by atoms with Crippen molar-refractivity contribution in [3.8, 4) is 0 Å². The molecule has 6 heteroatoms. The molecule has 2 rings (SSSR count). The van der Waals surface area contributed by atoms with Gasteiger partial charge < -0.3 is 10.6 Å². The van der Waals surface area contributed by atoms with Crippen molar-refractivity contribution in [1.82, 2.24) is 10.6 Å². The molecule has 0 bridgehead atoms. The van der Waals surface area contributed by atoms with Crippen molar-refractivity contribution in [2.75, 3.05) is 13.1 Å². The maximum Gasteiger partial charge on any atom is 0.220 e. The minimum Gasteiger partial charge on any atom is -0.353 e. The van der Waals surface area contributed by atoms with Gasteiger partial charge in [-0.15, -0.1) is 12.4 Å². The highest BCUT2D eigenvalue weighted by Crippen LogP contribution is 2.22. The zero-order valence-electron chi connectivity index (χ0n) is 12.7. The number of benzene rings is 1. The summed E-state index contributed by atoms with van der Waals surface area (Å²) >= 11 is 12.0. The number of carbonyl (C=O) groups excluding carboxylic acids is 1. The molecule has 0 spiro atoms. The van der Waals surface area contributed by atoms with Crippen molar-refractivity contribution >= 4 is 41.5 Å². The summed E-state index contributed by atoms with van der Waals surface area (Å²) in [6.07, 6.45) is 3.47. The summed E-state index contributed by atoms with van der Waals surface area (Å²) in [5.74, 6) is 0.774. The maximum atomic E-state index is 12.0. The third kappa shape index (κ3) is 6.33. The summed E-state index contributed by atoms with van der Waals surface area (Å²) in [6.45, 7) is 4.13. The van der Waals surface area contributed by atoms with Crippen LogP contribution in [0.15, 0.2) is 18.2 Å². The molecule has 0 saturated carbocycles. The Labute approximate surface area is 148 Å². The first kappa shape index (κ1) is 19.6. The lowest BCUT2D eigenvalue weighted by Crippen LogP contribution is -2.34. The van der Waals surface area contributed by atoms with Crippen LogP contribution >= 0.6 is 35.6 Å². The van der Waals surface area contributed by atoms with Crippen molar-refractivity contribution in [2.45, 2.75) is 38.6 Å². The van der Waals surface area contributed by atoms with Gasteiger partial charge in [0.2, 0.25) is 5.91 Å². The van der Waals surface area contributed by atoms with Crippen LogP contribution in [0.2, 0.25) is 10.0 Å². The standard InChI is InChI=1S/C16H22Cl2N2O.ClH/c1-11(8-13-3-4-14(17)9-15(13)18)20-16(21)5-2-12-6-7-19-10-12;/h3-4,9,11-12,19H,2,5-8,10H2,1H3,(H,20,21);1H. The van der Waals surface area contributed by atoms with E-state index in [-0.39, 0.29) is 24.4 Å². The molecule has 124 valence electrons. The van der Waals surface area contributed by atoms with Gasteiger partial charge in [0.25, 0.3) is 0 Å². The zero-order valence-corrected chi connectivity index (χ0v) is 15.0. The molecule has 0 aliphatic carbocycles. The van der Waals surface area contributed by atoms with E-state index in [1.54, 1.807) is 6.07 Å². The average molecular weight is 366 g/mol. The van der Waals surface area contributed by atoms with Crippen molar-refractivity contribution < 1.29 is 4.79 Å². The first-order chi connectivity index (χ1) is 10.0. The topological polar surface area (TPSA) is 41.1 Å². The molecule has 2 unspecified atom stereocenters. The minimum atomic E-state index is 0. The van der Waals surface area contributed by atoms with Gasteiger partial charge in [-0.1, -0.05) is 29.3 Å². The number of nitrogens with one attached hydrogen (secondary N) is 2. The minimum absolute atomic E-state index is 0. The third-order valence-electron chi connectivity index (χ3n) is 3.89. The lowest BCUT2D eigenvalue weighted by Gasteiger charge is -2.16. The molecule has 1 aromatic carbocycles. The number of halogens is 3. The quantitative estimate of drug-likeness (QED) is 0.804. The monoisotopic (exact) mass is 364 g/mol. The van der Waals surface area contributed by atoms with Gasteiger partial charge in [-0.3, -0.25) is 4.79 Å². The third-order valence-corrected chi connectivity index (χ3v) is 4.48. The van der Waals surface area contributed by atoms with Gasteiger partial charge in [0, 0.05) is 22.5 Å². The largest absolute Gasteiger partial charge is 0.353 e. The number of carbonyl (C=O) groups is 1.